The Morgan fingerprint density at radius 2 is 1.91 bits per heavy atom. The van der Waals surface area contributed by atoms with Crippen LogP contribution in [0.3, 0.4) is 0 Å². The first-order valence-corrected chi connectivity index (χ1v) is 10.5. The minimum atomic E-state index is -4.89. The highest BCUT2D eigenvalue weighted by Gasteiger charge is 2.63. The number of halogens is 8. The van der Waals surface area contributed by atoms with Crippen LogP contribution in [0.4, 0.5) is 22.0 Å². The molecule has 13 heteroatoms. The number of alkyl halides is 6. The van der Waals surface area contributed by atoms with E-state index in [0.29, 0.717) is 0 Å². The number of fused-ring (bicyclic) bond motifs is 1. The van der Waals surface area contributed by atoms with E-state index >= 15 is 0 Å². The zero-order chi connectivity index (χ0) is 23.5. The molecule has 2 unspecified atom stereocenters. The molecule has 1 aliphatic carbocycles. The summed E-state index contributed by atoms with van der Waals surface area (Å²) < 4.78 is 74.9. The Morgan fingerprint density at radius 1 is 1.22 bits per heavy atom. The fraction of sp³-hybridized carbons (Fsp3) is 0.421. The van der Waals surface area contributed by atoms with Crippen molar-refractivity contribution in [3.8, 4) is 0 Å². The maximum absolute atomic E-state index is 14.2. The van der Waals surface area contributed by atoms with Gasteiger partial charge in [0.25, 0.3) is 5.60 Å². The van der Waals surface area contributed by atoms with Crippen LogP contribution in [0.15, 0.2) is 45.1 Å². The molecular weight excluding hydrogens is 502 g/mol. The molecule has 0 fully saturated rings. The third-order valence-electron chi connectivity index (χ3n) is 5.82. The van der Waals surface area contributed by atoms with Gasteiger partial charge in [0.1, 0.15) is 19.0 Å². The van der Waals surface area contributed by atoms with Crippen LogP contribution >= 0.6 is 34.8 Å². The zero-order valence-electron chi connectivity index (χ0n) is 16.0. The van der Waals surface area contributed by atoms with Crippen molar-refractivity contribution in [2.75, 3.05) is 13.3 Å². The highest BCUT2D eigenvalue weighted by atomic mass is 35.5. The average Bonchev–Trinajstić information content (AvgIpc) is 3.32. The molecule has 3 aliphatic rings. The first-order valence-electron chi connectivity index (χ1n) is 9.32. The Hall–Kier alpha value is -1.33. The number of nitrogens with zero attached hydrogens (tertiary/aromatic N) is 1. The second-order valence-electron chi connectivity index (χ2n) is 7.70. The molecule has 0 radical (unpaired) electrons. The molecule has 2 aliphatic heterocycles. The normalized spacial score (nSPS) is 27.3. The number of rotatable bonds is 4. The number of allylic oxidation sites excluding steroid dienone is 3. The summed E-state index contributed by atoms with van der Waals surface area (Å²) in [5.41, 5.74) is -4.98. The van der Waals surface area contributed by atoms with Gasteiger partial charge in [0.2, 0.25) is 0 Å². The van der Waals surface area contributed by atoms with Gasteiger partial charge in [-0.1, -0.05) is 40.5 Å². The van der Waals surface area contributed by atoms with E-state index < -0.39 is 49.6 Å². The molecule has 1 aromatic rings. The van der Waals surface area contributed by atoms with Gasteiger partial charge in [0.05, 0.1) is 21.2 Å². The van der Waals surface area contributed by atoms with Crippen molar-refractivity contribution in [3.63, 3.8) is 0 Å². The predicted octanol–water partition coefficient (Wildman–Crippen LogP) is 4.59. The minimum Gasteiger partial charge on any atom is -0.423 e. The lowest BCUT2D eigenvalue weighted by atomic mass is 9.76. The van der Waals surface area contributed by atoms with Crippen LogP contribution in [0.5, 0.6) is 0 Å². The van der Waals surface area contributed by atoms with Crippen LogP contribution in [-0.4, -0.2) is 48.4 Å². The lowest BCUT2D eigenvalue weighted by Gasteiger charge is -2.34. The second-order valence-corrected chi connectivity index (χ2v) is 9.04. The summed E-state index contributed by atoms with van der Waals surface area (Å²) in [5.74, 6) is 0. The summed E-state index contributed by atoms with van der Waals surface area (Å²) in [6, 6.07) is 3.95. The monoisotopic (exact) mass is 515 g/mol. The number of hydrogen-bond donors (Lipinski definition) is 1. The summed E-state index contributed by atoms with van der Waals surface area (Å²) >= 11 is 17.9. The van der Waals surface area contributed by atoms with Crippen molar-refractivity contribution < 1.29 is 36.5 Å². The van der Waals surface area contributed by atoms with Crippen LogP contribution in [0.1, 0.15) is 24.0 Å². The quantitative estimate of drug-likeness (QED) is 0.362. The lowest BCUT2D eigenvalue weighted by molar-refractivity contribution is -0.253. The van der Waals surface area contributed by atoms with E-state index in [1.807, 2.05) is 0 Å². The van der Waals surface area contributed by atoms with Crippen LogP contribution in [0.25, 0.3) is 0 Å². The highest BCUT2D eigenvalue weighted by Crippen LogP contribution is 2.50. The number of benzene rings is 1. The Kier molecular flexibility index (Phi) is 6.08. The molecule has 1 N–H and O–H groups in total. The van der Waals surface area contributed by atoms with Gasteiger partial charge < -0.3 is 14.5 Å². The molecule has 4 nitrogen and oxygen atoms in total. The van der Waals surface area contributed by atoms with Gasteiger partial charge in [-0.05, 0) is 40.7 Å². The molecule has 0 aromatic heterocycles. The fourth-order valence-electron chi connectivity index (χ4n) is 4.02. The third-order valence-corrected chi connectivity index (χ3v) is 7.18. The Bertz CT molecular complexity index is 1040. The molecule has 172 valence electrons. The predicted molar refractivity (Wildman–Crippen MR) is 111 cm³/mol. The molecule has 32 heavy (non-hydrogen) atoms. The smallest absolute Gasteiger partial charge is 0.423 e. The molecule has 0 spiro atoms. The Morgan fingerprint density at radius 3 is 2.50 bits per heavy atom. The standard InChI is InChI=1S/C19H14BCl3F5NO3/c21-13-4-10(5-14(22)16(13)23)18(19(26,27)28)6-15(29-32-18)9-1-2-12-11(3-9)17(7-24,8-25)31-20(12)30/h1-4,14,30H,5-8H2. The SMILES string of the molecule is OB1OC(CF)(CF)c2cc(C3=NOC(C4=CC(Cl)=C(Cl)C(Cl)C4)(C(F)(F)F)C3)ccc21. The largest absolute Gasteiger partial charge is 0.492 e. The van der Waals surface area contributed by atoms with Crippen LogP contribution in [0, 0.1) is 0 Å². The van der Waals surface area contributed by atoms with E-state index in [2.05, 4.69) is 5.16 Å². The maximum Gasteiger partial charge on any atom is 0.492 e. The van der Waals surface area contributed by atoms with Gasteiger partial charge in [-0.25, -0.2) is 8.78 Å². The zero-order valence-corrected chi connectivity index (χ0v) is 18.3. The first-order chi connectivity index (χ1) is 15.0. The number of hydrogen-bond acceptors (Lipinski definition) is 4. The van der Waals surface area contributed by atoms with Crippen molar-refractivity contribution in [1.29, 1.82) is 0 Å². The summed E-state index contributed by atoms with van der Waals surface area (Å²) in [4.78, 5) is 4.97. The Labute approximate surface area is 194 Å². The lowest BCUT2D eigenvalue weighted by Crippen LogP contribution is -2.48. The molecule has 4 rings (SSSR count). The third kappa shape index (κ3) is 3.55. The summed E-state index contributed by atoms with van der Waals surface area (Å²) in [7, 11) is -1.56. The van der Waals surface area contributed by atoms with E-state index in [-0.39, 0.29) is 44.4 Å². The second kappa shape index (κ2) is 8.16. The molecule has 1 aromatic carbocycles. The van der Waals surface area contributed by atoms with Gasteiger partial charge in [-0.3, -0.25) is 0 Å². The minimum absolute atomic E-state index is 0.00447. The van der Waals surface area contributed by atoms with E-state index in [9.17, 15) is 27.0 Å². The van der Waals surface area contributed by atoms with Crippen molar-refractivity contribution in [2.24, 2.45) is 5.16 Å². The number of oxime groups is 1. The molecule has 0 amide bonds. The van der Waals surface area contributed by atoms with Gasteiger partial charge in [0, 0.05) is 6.42 Å². The van der Waals surface area contributed by atoms with Gasteiger partial charge in [0.15, 0.2) is 0 Å². The molecule has 2 atom stereocenters. The molecule has 0 saturated heterocycles. The van der Waals surface area contributed by atoms with Crippen molar-refractivity contribution >= 4 is 53.1 Å². The molecule has 0 bridgehead atoms. The molecule has 2 heterocycles. The maximum atomic E-state index is 14.2. The molecular formula is C19H14BCl3F5NO3. The van der Waals surface area contributed by atoms with Crippen molar-refractivity contribution in [3.05, 3.63) is 51.0 Å². The summed E-state index contributed by atoms with van der Waals surface area (Å²) in [6.07, 6.45) is -4.82. The van der Waals surface area contributed by atoms with E-state index in [0.717, 1.165) is 6.08 Å². The highest BCUT2D eigenvalue weighted by molar-refractivity contribution is 6.62. The van der Waals surface area contributed by atoms with E-state index in [1.54, 1.807) is 0 Å². The van der Waals surface area contributed by atoms with Gasteiger partial charge in [-0.2, -0.15) is 13.2 Å². The van der Waals surface area contributed by atoms with Crippen molar-refractivity contribution in [1.82, 2.24) is 0 Å². The van der Waals surface area contributed by atoms with E-state index in [1.165, 1.54) is 18.2 Å². The van der Waals surface area contributed by atoms with Crippen LogP contribution in [-0.2, 0) is 15.1 Å². The van der Waals surface area contributed by atoms with Crippen LogP contribution in [0.2, 0.25) is 0 Å². The summed E-state index contributed by atoms with van der Waals surface area (Å²) in [5, 5.41) is 12.5. The first kappa shape index (κ1) is 23.8. The van der Waals surface area contributed by atoms with Gasteiger partial charge in [-0.15, -0.1) is 11.6 Å². The summed E-state index contributed by atoms with van der Waals surface area (Å²) in [6.45, 7) is -2.55. The van der Waals surface area contributed by atoms with E-state index in [4.69, 9.17) is 44.3 Å². The average molecular weight is 516 g/mol. The molecule has 0 saturated carbocycles. The van der Waals surface area contributed by atoms with Crippen LogP contribution < -0.4 is 5.46 Å². The topological polar surface area (TPSA) is 51.0 Å². The fourth-order valence-corrected chi connectivity index (χ4v) is 4.75. The van der Waals surface area contributed by atoms with Gasteiger partial charge >= 0.3 is 13.3 Å². The van der Waals surface area contributed by atoms with Crippen molar-refractivity contribution in [2.45, 2.75) is 35.6 Å². The Balaban J connectivity index is 1.73.